The molecule has 0 aliphatic carbocycles. The molecule has 0 unspecified atom stereocenters. The largest absolute Gasteiger partial charge is 0.497 e. The predicted molar refractivity (Wildman–Crippen MR) is 120 cm³/mol. The van der Waals surface area contributed by atoms with Crippen LogP contribution < -0.4 is 9.47 Å². The molecule has 31 heavy (non-hydrogen) atoms. The first-order valence-electron chi connectivity index (χ1n) is 9.96. The topological polar surface area (TPSA) is 55.8 Å². The standard InChI is InChI=1S/C26H23NO4/c1-17-4-8-19(9-5-17)23-24(20-10-14-22(31-3)15-11-20)26(29)27(25(23)28)16-18-6-12-21(30-2)13-7-18/h4-15H,16H2,1-3H3. The molecule has 0 fully saturated rings. The molecular weight excluding hydrogens is 390 g/mol. The normalized spacial score (nSPS) is 13.7. The number of ether oxygens (including phenoxy) is 2. The summed E-state index contributed by atoms with van der Waals surface area (Å²) in [5.41, 5.74) is 4.18. The van der Waals surface area contributed by atoms with Crippen molar-refractivity contribution in [2.45, 2.75) is 13.5 Å². The third kappa shape index (κ3) is 3.94. The van der Waals surface area contributed by atoms with Crippen molar-refractivity contribution in [2.24, 2.45) is 0 Å². The number of methoxy groups -OCH3 is 2. The highest BCUT2D eigenvalue weighted by Crippen LogP contribution is 2.37. The quantitative estimate of drug-likeness (QED) is 0.559. The van der Waals surface area contributed by atoms with Crippen molar-refractivity contribution in [3.8, 4) is 11.5 Å². The van der Waals surface area contributed by atoms with E-state index in [0.717, 1.165) is 22.4 Å². The molecule has 0 saturated heterocycles. The monoisotopic (exact) mass is 413 g/mol. The van der Waals surface area contributed by atoms with Gasteiger partial charge in [-0.2, -0.15) is 0 Å². The Bertz CT molecular complexity index is 1140. The molecule has 3 aromatic carbocycles. The number of hydrogen-bond acceptors (Lipinski definition) is 4. The lowest BCUT2D eigenvalue weighted by Gasteiger charge is -2.16. The molecule has 4 rings (SSSR count). The lowest BCUT2D eigenvalue weighted by Crippen LogP contribution is -2.31. The van der Waals surface area contributed by atoms with Crippen molar-refractivity contribution in [3.63, 3.8) is 0 Å². The van der Waals surface area contributed by atoms with E-state index < -0.39 is 0 Å². The van der Waals surface area contributed by atoms with Crippen LogP contribution >= 0.6 is 0 Å². The summed E-state index contributed by atoms with van der Waals surface area (Å²) < 4.78 is 10.4. The number of benzene rings is 3. The fourth-order valence-corrected chi connectivity index (χ4v) is 3.65. The average molecular weight is 413 g/mol. The van der Waals surface area contributed by atoms with Gasteiger partial charge < -0.3 is 9.47 Å². The average Bonchev–Trinajstić information content (AvgIpc) is 3.05. The molecule has 2 amide bonds. The molecule has 0 aromatic heterocycles. The summed E-state index contributed by atoms with van der Waals surface area (Å²) in [6.07, 6.45) is 0. The second kappa shape index (κ2) is 8.48. The van der Waals surface area contributed by atoms with Crippen LogP contribution in [-0.4, -0.2) is 30.9 Å². The zero-order valence-electron chi connectivity index (χ0n) is 17.7. The van der Waals surface area contributed by atoms with Gasteiger partial charge in [-0.3, -0.25) is 14.5 Å². The molecule has 0 N–H and O–H groups in total. The van der Waals surface area contributed by atoms with Gasteiger partial charge in [-0.15, -0.1) is 0 Å². The van der Waals surface area contributed by atoms with Gasteiger partial charge in [0.1, 0.15) is 11.5 Å². The van der Waals surface area contributed by atoms with Crippen LogP contribution in [0.2, 0.25) is 0 Å². The van der Waals surface area contributed by atoms with Crippen LogP contribution in [0.15, 0.2) is 72.8 Å². The van der Waals surface area contributed by atoms with Crippen LogP contribution in [0.25, 0.3) is 11.1 Å². The van der Waals surface area contributed by atoms with Gasteiger partial charge in [-0.05, 0) is 47.9 Å². The zero-order valence-corrected chi connectivity index (χ0v) is 17.7. The molecule has 5 heteroatoms. The van der Waals surface area contributed by atoms with Crippen LogP contribution in [0.3, 0.4) is 0 Å². The first-order chi connectivity index (χ1) is 15.0. The molecule has 0 spiro atoms. The van der Waals surface area contributed by atoms with Gasteiger partial charge in [0.25, 0.3) is 11.8 Å². The van der Waals surface area contributed by atoms with Crippen molar-refractivity contribution in [1.82, 2.24) is 4.90 Å². The van der Waals surface area contributed by atoms with E-state index in [0.29, 0.717) is 22.5 Å². The second-order valence-corrected chi connectivity index (χ2v) is 7.39. The molecule has 156 valence electrons. The van der Waals surface area contributed by atoms with Gasteiger partial charge in [0, 0.05) is 0 Å². The Morgan fingerprint density at radius 2 is 1.06 bits per heavy atom. The van der Waals surface area contributed by atoms with Gasteiger partial charge in [0.2, 0.25) is 0 Å². The maximum absolute atomic E-state index is 13.4. The van der Waals surface area contributed by atoms with E-state index in [1.807, 2.05) is 67.6 Å². The molecule has 1 aliphatic heterocycles. The van der Waals surface area contributed by atoms with Crippen LogP contribution in [0.5, 0.6) is 11.5 Å². The van der Waals surface area contributed by atoms with E-state index in [1.54, 1.807) is 26.4 Å². The van der Waals surface area contributed by atoms with Crippen molar-refractivity contribution in [3.05, 3.63) is 95.1 Å². The molecule has 0 saturated carbocycles. The third-order valence-corrected chi connectivity index (χ3v) is 5.39. The molecular formula is C26H23NO4. The summed E-state index contributed by atoms with van der Waals surface area (Å²) in [7, 11) is 3.19. The summed E-state index contributed by atoms with van der Waals surface area (Å²) in [4.78, 5) is 28.2. The highest BCUT2D eigenvalue weighted by atomic mass is 16.5. The second-order valence-electron chi connectivity index (χ2n) is 7.39. The van der Waals surface area contributed by atoms with Gasteiger partial charge in [0.15, 0.2) is 0 Å². The minimum atomic E-state index is -0.304. The first kappa shape index (κ1) is 20.4. The Labute approximate surface area is 181 Å². The fraction of sp³-hybridized carbons (Fsp3) is 0.154. The van der Waals surface area contributed by atoms with Gasteiger partial charge >= 0.3 is 0 Å². The van der Waals surface area contributed by atoms with E-state index in [1.165, 1.54) is 4.90 Å². The maximum atomic E-state index is 13.4. The number of amides is 2. The molecule has 3 aromatic rings. The third-order valence-electron chi connectivity index (χ3n) is 5.39. The number of nitrogens with zero attached hydrogens (tertiary/aromatic N) is 1. The van der Waals surface area contributed by atoms with Crippen molar-refractivity contribution < 1.29 is 19.1 Å². The van der Waals surface area contributed by atoms with E-state index in [-0.39, 0.29) is 18.4 Å². The minimum absolute atomic E-state index is 0.191. The van der Waals surface area contributed by atoms with E-state index >= 15 is 0 Å². The number of hydrogen-bond donors (Lipinski definition) is 0. The summed E-state index contributed by atoms with van der Waals surface area (Å²) in [5, 5.41) is 0. The summed E-state index contributed by atoms with van der Waals surface area (Å²) in [6, 6.07) is 22.2. The van der Waals surface area contributed by atoms with E-state index in [4.69, 9.17) is 9.47 Å². The number of carbonyl (C=O) groups excluding carboxylic acids is 2. The van der Waals surface area contributed by atoms with Crippen molar-refractivity contribution in [1.29, 1.82) is 0 Å². The molecule has 1 heterocycles. The van der Waals surface area contributed by atoms with Gasteiger partial charge in [0.05, 0.1) is 31.9 Å². The fourth-order valence-electron chi connectivity index (χ4n) is 3.65. The van der Waals surface area contributed by atoms with Crippen LogP contribution in [-0.2, 0) is 16.1 Å². The highest BCUT2D eigenvalue weighted by molar-refractivity contribution is 6.48. The molecule has 0 radical (unpaired) electrons. The van der Waals surface area contributed by atoms with Crippen LogP contribution in [0.4, 0.5) is 0 Å². The zero-order chi connectivity index (χ0) is 22.0. The Morgan fingerprint density at radius 1 is 0.645 bits per heavy atom. The Kier molecular flexibility index (Phi) is 5.58. The SMILES string of the molecule is COc1ccc(CN2C(=O)C(c3ccc(C)cc3)=C(c3ccc(OC)cc3)C2=O)cc1. The lowest BCUT2D eigenvalue weighted by molar-refractivity contribution is -0.136. The molecule has 0 atom stereocenters. The van der Waals surface area contributed by atoms with Gasteiger partial charge in [-0.25, -0.2) is 0 Å². The summed E-state index contributed by atoms with van der Waals surface area (Å²) in [6.45, 7) is 2.18. The number of aryl methyl sites for hydroxylation is 1. The summed E-state index contributed by atoms with van der Waals surface area (Å²) in [5.74, 6) is 0.811. The smallest absolute Gasteiger partial charge is 0.262 e. The van der Waals surface area contributed by atoms with E-state index in [2.05, 4.69) is 0 Å². The Hall–Kier alpha value is -3.86. The summed E-state index contributed by atoms with van der Waals surface area (Å²) >= 11 is 0. The first-order valence-corrected chi connectivity index (χ1v) is 9.96. The maximum Gasteiger partial charge on any atom is 0.262 e. The molecule has 5 nitrogen and oxygen atoms in total. The van der Waals surface area contributed by atoms with E-state index in [9.17, 15) is 9.59 Å². The number of imide groups is 1. The lowest BCUT2D eigenvalue weighted by atomic mass is 9.96. The highest BCUT2D eigenvalue weighted by Gasteiger charge is 2.39. The Balaban J connectivity index is 1.76. The molecule has 0 bridgehead atoms. The van der Waals surface area contributed by atoms with Gasteiger partial charge in [-0.1, -0.05) is 54.1 Å². The molecule has 1 aliphatic rings. The Morgan fingerprint density at radius 3 is 1.52 bits per heavy atom. The predicted octanol–water partition coefficient (Wildman–Crippen LogP) is 4.49. The number of rotatable bonds is 6. The van der Waals surface area contributed by atoms with Crippen LogP contribution in [0.1, 0.15) is 22.3 Å². The number of carbonyl (C=O) groups is 2. The minimum Gasteiger partial charge on any atom is -0.497 e. The van der Waals surface area contributed by atoms with Crippen molar-refractivity contribution in [2.75, 3.05) is 14.2 Å². The van der Waals surface area contributed by atoms with Crippen LogP contribution in [0, 0.1) is 6.92 Å². The van der Waals surface area contributed by atoms with Crippen molar-refractivity contribution >= 4 is 23.0 Å².